The van der Waals surface area contributed by atoms with Gasteiger partial charge in [0.2, 0.25) is 0 Å². The lowest BCUT2D eigenvalue weighted by Gasteiger charge is -2.01. The van der Waals surface area contributed by atoms with Gasteiger partial charge >= 0.3 is 5.97 Å². The molecule has 1 aliphatic rings. The number of allylic oxidation sites excluding steroid dienone is 1. The average molecular weight is 202 g/mol. The summed E-state index contributed by atoms with van der Waals surface area (Å²) in [5.41, 5.74) is 1.28. The van der Waals surface area contributed by atoms with Crippen LogP contribution in [0.5, 0.6) is 0 Å². The predicted molar refractivity (Wildman–Crippen MR) is 58.4 cm³/mol. The summed E-state index contributed by atoms with van der Waals surface area (Å²) >= 11 is 0. The molecule has 0 N–H and O–H groups in total. The number of rotatable bonds is 3. The first-order chi connectivity index (χ1) is 7.34. The van der Waals surface area contributed by atoms with Crippen LogP contribution < -0.4 is 0 Å². The molecule has 1 atom stereocenters. The van der Waals surface area contributed by atoms with Crippen molar-refractivity contribution in [2.75, 3.05) is 0 Å². The summed E-state index contributed by atoms with van der Waals surface area (Å²) in [7, 11) is 0. The Bertz CT molecular complexity index is 354. The van der Waals surface area contributed by atoms with Crippen molar-refractivity contribution in [1.29, 1.82) is 0 Å². The lowest BCUT2D eigenvalue weighted by atomic mass is 10.1. The highest BCUT2D eigenvalue weighted by atomic mass is 16.5. The van der Waals surface area contributed by atoms with Gasteiger partial charge in [0.05, 0.1) is 0 Å². The van der Waals surface area contributed by atoms with Crippen molar-refractivity contribution in [2.24, 2.45) is 0 Å². The van der Waals surface area contributed by atoms with Gasteiger partial charge in [-0.1, -0.05) is 36.4 Å². The van der Waals surface area contributed by atoms with Crippen LogP contribution >= 0.6 is 0 Å². The number of esters is 1. The molecule has 2 nitrogen and oxygen atoms in total. The topological polar surface area (TPSA) is 26.3 Å². The van der Waals surface area contributed by atoms with Crippen LogP contribution in [-0.2, 0) is 16.0 Å². The predicted octanol–water partition coefficient (Wildman–Crippen LogP) is 2.49. The third-order valence-electron chi connectivity index (χ3n) is 2.46. The van der Waals surface area contributed by atoms with Crippen molar-refractivity contribution in [2.45, 2.75) is 25.4 Å². The number of carbonyl (C=O) groups is 1. The van der Waals surface area contributed by atoms with Crippen molar-refractivity contribution < 1.29 is 9.53 Å². The molecule has 1 saturated heterocycles. The summed E-state index contributed by atoms with van der Waals surface area (Å²) in [6.07, 6.45) is 6.33. The highest BCUT2D eigenvalue weighted by Crippen LogP contribution is 2.14. The molecule has 1 heterocycles. The average Bonchev–Trinajstić information content (AvgIpc) is 2.66. The summed E-state index contributed by atoms with van der Waals surface area (Å²) < 4.78 is 5.07. The molecule has 1 aromatic rings. The normalized spacial score (nSPS) is 20.8. The van der Waals surface area contributed by atoms with Gasteiger partial charge in [-0.2, -0.15) is 0 Å². The molecule has 2 heteroatoms. The maximum Gasteiger partial charge on any atom is 0.306 e. The second-order valence-corrected chi connectivity index (χ2v) is 3.68. The van der Waals surface area contributed by atoms with Gasteiger partial charge in [-0.3, -0.25) is 4.79 Å². The standard InChI is InChI=1S/C13H14O2/c14-13-10-9-12(15-13)8-4-7-11-5-2-1-3-6-11/h1-6,8,12H,7,9-10H2/b8-4+. The number of cyclic esters (lactones) is 1. The third kappa shape index (κ3) is 2.94. The molecule has 0 bridgehead atoms. The summed E-state index contributed by atoms with van der Waals surface area (Å²) in [4.78, 5) is 10.8. The fourth-order valence-corrected chi connectivity index (χ4v) is 1.65. The van der Waals surface area contributed by atoms with E-state index in [1.165, 1.54) is 5.56 Å². The Morgan fingerprint density at radius 1 is 1.33 bits per heavy atom. The molecule has 0 spiro atoms. The minimum Gasteiger partial charge on any atom is -0.458 e. The van der Waals surface area contributed by atoms with Crippen molar-refractivity contribution in [3.05, 3.63) is 48.0 Å². The Hall–Kier alpha value is -1.57. The Morgan fingerprint density at radius 3 is 2.80 bits per heavy atom. The Labute approximate surface area is 89.6 Å². The monoisotopic (exact) mass is 202 g/mol. The fourth-order valence-electron chi connectivity index (χ4n) is 1.65. The number of carbonyl (C=O) groups excluding carboxylic acids is 1. The molecule has 15 heavy (non-hydrogen) atoms. The first-order valence-electron chi connectivity index (χ1n) is 5.24. The zero-order valence-electron chi connectivity index (χ0n) is 8.56. The molecule has 1 aromatic carbocycles. The van der Waals surface area contributed by atoms with E-state index in [0.29, 0.717) is 6.42 Å². The zero-order valence-corrected chi connectivity index (χ0v) is 8.56. The summed E-state index contributed by atoms with van der Waals surface area (Å²) in [6.45, 7) is 0. The van der Waals surface area contributed by atoms with Gasteiger partial charge in [-0.25, -0.2) is 0 Å². The zero-order chi connectivity index (χ0) is 10.5. The molecule has 0 aromatic heterocycles. The van der Waals surface area contributed by atoms with Crippen LogP contribution in [0.25, 0.3) is 0 Å². The van der Waals surface area contributed by atoms with E-state index in [1.54, 1.807) is 0 Å². The maximum absolute atomic E-state index is 10.8. The van der Waals surface area contributed by atoms with Gasteiger partial charge in [-0.15, -0.1) is 0 Å². The van der Waals surface area contributed by atoms with E-state index < -0.39 is 0 Å². The van der Waals surface area contributed by atoms with E-state index >= 15 is 0 Å². The van der Waals surface area contributed by atoms with Crippen molar-refractivity contribution in [3.8, 4) is 0 Å². The van der Waals surface area contributed by atoms with Gasteiger partial charge in [0.15, 0.2) is 0 Å². The summed E-state index contributed by atoms with van der Waals surface area (Å²) in [5.74, 6) is -0.0793. The lowest BCUT2D eigenvalue weighted by Crippen LogP contribution is -2.02. The SMILES string of the molecule is O=C1CCC(/C=C/Cc2ccccc2)O1. The molecule has 0 aliphatic carbocycles. The van der Waals surface area contributed by atoms with Crippen molar-refractivity contribution >= 4 is 5.97 Å². The van der Waals surface area contributed by atoms with Crippen LogP contribution in [0.1, 0.15) is 18.4 Å². The molecule has 1 fully saturated rings. The van der Waals surface area contributed by atoms with Crippen molar-refractivity contribution in [1.82, 2.24) is 0 Å². The second kappa shape index (κ2) is 4.78. The van der Waals surface area contributed by atoms with E-state index in [2.05, 4.69) is 18.2 Å². The van der Waals surface area contributed by atoms with E-state index in [1.807, 2.05) is 24.3 Å². The van der Waals surface area contributed by atoms with E-state index in [4.69, 9.17) is 4.74 Å². The molecule has 0 radical (unpaired) electrons. The number of hydrogen-bond acceptors (Lipinski definition) is 2. The van der Waals surface area contributed by atoms with Crippen LogP contribution in [0, 0.1) is 0 Å². The lowest BCUT2D eigenvalue weighted by molar-refractivity contribution is -0.139. The molecule has 0 amide bonds. The van der Waals surface area contributed by atoms with Gasteiger partial charge in [-0.05, 0) is 24.5 Å². The van der Waals surface area contributed by atoms with Gasteiger partial charge in [0.1, 0.15) is 6.10 Å². The van der Waals surface area contributed by atoms with E-state index in [9.17, 15) is 4.79 Å². The molecular weight excluding hydrogens is 188 g/mol. The van der Waals surface area contributed by atoms with Crippen LogP contribution in [0.3, 0.4) is 0 Å². The van der Waals surface area contributed by atoms with Crippen LogP contribution in [0.2, 0.25) is 0 Å². The second-order valence-electron chi connectivity index (χ2n) is 3.68. The fraction of sp³-hybridized carbons (Fsp3) is 0.308. The van der Waals surface area contributed by atoms with Crippen LogP contribution in [-0.4, -0.2) is 12.1 Å². The van der Waals surface area contributed by atoms with Gasteiger partial charge in [0.25, 0.3) is 0 Å². The highest BCUT2D eigenvalue weighted by Gasteiger charge is 2.19. The Morgan fingerprint density at radius 2 is 2.13 bits per heavy atom. The van der Waals surface area contributed by atoms with E-state index in [0.717, 1.165) is 12.8 Å². The quantitative estimate of drug-likeness (QED) is 0.556. The van der Waals surface area contributed by atoms with Crippen LogP contribution in [0.4, 0.5) is 0 Å². The summed E-state index contributed by atoms with van der Waals surface area (Å²) in [6, 6.07) is 10.2. The van der Waals surface area contributed by atoms with Gasteiger partial charge in [0, 0.05) is 6.42 Å². The first-order valence-corrected chi connectivity index (χ1v) is 5.24. The molecular formula is C13H14O2. The largest absolute Gasteiger partial charge is 0.458 e. The smallest absolute Gasteiger partial charge is 0.306 e. The summed E-state index contributed by atoms with van der Waals surface area (Å²) in [5, 5.41) is 0. The number of benzene rings is 1. The maximum atomic E-state index is 10.8. The van der Waals surface area contributed by atoms with E-state index in [-0.39, 0.29) is 12.1 Å². The van der Waals surface area contributed by atoms with Crippen LogP contribution in [0.15, 0.2) is 42.5 Å². The molecule has 1 unspecified atom stereocenters. The third-order valence-corrected chi connectivity index (χ3v) is 2.46. The van der Waals surface area contributed by atoms with Gasteiger partial charge < -0.3 is 4.74 Å². The molecule has 2 rings (SSSR count). The molecule has 0 saturated carbocycles. The first kappa shape index (κ1) is 9.97. The highest BCUT2D eigenvalue weighted by molar-refractivity contribution is 5.71. The minimum atomic E-state index is -0.0793. The minimum absolute atomic E-state index is 0.00112. The Balaban J connectivity index is 1.83. The molecule has 78 valence electrons. The number of hydrogen-bond donors (Lipinski definition) is 0. The number of ether oxygens (including phenoxy) is 1. The molecule has 1 aliphatic heterocycles. The van der Waals surface area contributed by atoms with Crippen molar-refractivity contribution in [3.63, 3.8) is 0 Å². The Kier molecular flexibility index (Phi) is 3.18.